The number of aliphatic carboxylic acids is 1. The van der Waals surface area contributed by atoms with Gasteiger partial charge in [0.05, 0.1) is 5.92 Å². The van der Waals surface area contributed by atoms with E-state index in [1.807, 2.05) is 6.92 Å². The van der Waals surface area contributed by atoms with Crippen LogP contribution in [0.5, 0.6) is 0 Å². The van der Waals surface area contributed by atoms with Gasteiger partial charge in [0.2, 0.25) is 0 Å². The highest BCUT2D eigenvalue weighted by molar-refractivity contribution is 5.70. The average molecular weight is 359 g/mol. The lowest BCUT2D eigenvalue weighted by Gasteiger charge is -2.22. The number of carbonyl (C=O) groups excluding carboxylic acids is 2. The first kappa shape index (κ1) is 23.2. The number of hydrogen-bond donors (Lipinski definition) is 2. The molecule has 0 fully saturated rings. The molecule has 0 bridgehead atoms. The van der Waals surface area contributed by atoms with Crippen LogP contribution in [0.3, 0.4) is 0 Å². The van der Waals surface area contributed by atoms with E-state index in [4.69, 9.17) is 14.6 Å². The molecule has 7 nitrogen and oxygen atoms in total. The second-order valence-electron chi connectivity index (χ2n) is 6.67. The van der Waals surface area contributed by atoms with Gasteiger partial charge in [0, 0.05) is 18.9 Å². The molecule has 0 aliphatic carbocycles. The van der Waals surface area contributed by atoms with Gasteiger partial charge < -0.3 is 19.9 Å². The van der Waals surface area contributed by atoms with E-state index in [2.05, 4.69) is 5.32 Å². The Kier molecular flexibility index (Phi) is 11.7. The van der Waals surface area contributed by atoms with Gasteiger partial charge in [0.15, 0.2) is 0 Å². The summed E-state index contributed by atoms with van der Waals surface area (Å²) in [4.78, 5) is 34.0. The molecular formula is C18H33NO6. The first-order valence-corrected chi connectivity index (χ1v) is 9.07. The lowest BCUT2D eigenvalue weighted by Crippen LogP contribution is -2.35. The minimum Gasteiger partial charge on any atom is -0.481 e. The van der Waals surface area contributed by atoms with Crippen LogP contribution >= 0.6 is 0 Å². The minimum absolute atomic E-state index is 0.137. The summed E-state index contributed by atoms with van der Waals surface area (Å²) >= 11 is 0. The van der Waals surface area contributed by atoms with Crippen molar-refractivity contribution in [2.75, 3.05) is 6.54 Å². The van der Waals surface area contributed by atoms with Crippen molar-refractivity contribution in [3.8, 4) is 0 Å². The zero-order chi connectivity index (χ0) is 19.4. The normalized spacial score (nSPS) is 14.5. The number of esters is 1. The lowest BCUT2D eigenvalue weighted by atomic mass is 9.92. The molecule has 1 amide bonds. The van der Waals surface area contributed by atoms with Crippen LogP contribution in [-0.2, 0) is 19.1 Å². The maximum Gasteiger partial charge on any atom is 0.410 e. The molecule has 0 aliphatic heterocycles. The molecule has 0 heterocycles. The van der Waals surface area contributed by atoms with Crippen molar-refractivity contribution >= 4 is 18.0 Å². The largest absolute Gasteiger partial charge is 0.481 e. The Balaban J connectivity index is 4.20. The molecule has 0 aromatic heterocycles. The summed E-state index contributed by atoms with van der Waals surface area (Å²) in [5, 5.41) is 11.6. The Morgan fingerprint density at radius 2 is 1.64 bits per heavy atom. The van der Waals surface area contributed by atoms with Gasteiger partial charge in [0.1, 0.15) is 0 Å². The highest BCUT2D eigenvalue weighted by Gasteiger charge is 2.22. The Morgan fingerprint density at radius 3 is 2.12 bits per heavy atom. The molecule has 146 valence electrons. The highest BCUT2D eigenvalue weighted by Crippen LogP contribution is 2.18. The van der Waals surface area contributed by atoms with Gasteiger partial charge in [-0.3, -0.25) is 9.59 Å². The standard InChI is InChI=1S/C18H33NO6/c1-6-14(9-8-13(5)16(21)22)10-11-19-18(23)25-17(12(3)4)24-15(20)7-2/h12-14,17H,6-11H2,1-5H3,(H,19,23)(H,21,22)/t13-,14?,17-/m0/s1. The smallest absolute Gasteiger partial charge is 0.410 e. The van der Waals surface area contributed by atoms with E-state index in [1.165, 1.54) is 0 Å². The topological polar surface area (TPSA) is 102 Å². The first-order chi connectivity index (χ1) is 11.7. The van der Waals surface area contributed by atoms with Crippen molar-refractivity contribution in [3.05, 3.63) is 0 Å². The van der Waals surface area contributed by atoms with Crippen LogP contribution in [0.15, 0.2) is 0 Å². The van der Waals surface area contributed by atoms with Crippen molar-refractivity contribution in [1.82, 2.24) is 5.32 Å². The van der Waals surface area contributed by atoms with Crippen LogP contribution < -0.4 is 5.32 Å². The maximum atomic E-state index is 11.9. The van der Waals surface area contributed by atoms with Crippen LogP contribution in [0.4, 0.5) is 4.79 Å². The molecule has 0 rings (SSSR count). The van der Waals surface area contributed by atoms with Gasteiger partial charge in [-0.2, -0.15) is 0 Å². The third kappa shape index (κ3) is 10.6. The van der Waals surface area contributed by atoms with Crippen molar-refractivity contribution in [2.24, 2.45) is 17.8 Å². The molecule has 7 heteroatoms. The molecule has 0 radical (unpaired) electrons. The number of ether oxygens (including phenoxy) is 2. The molecule has 3 atom stereocenters. The number of nitrogens with one attached hydrogen (secondary N) is 1. The van der Waals surface area contributed by atoms with Crippen molar-refractivity contribution in [3.63, 3.8) is 0 Å². The fourth-order valence-corrected chi connectivity index (χ4v) is 2.20. The predicted molar refractivity (Wildman–Crippen MR) is 93.9 cm³/mol. The van der Waals surface area contributed by atoms with Crippen molar-refractivity contribution < 1.29 is 29.0 Å². The van der Waals surface area contributed by atoms with E-state index in [-0.39, 0.29) is 18.3 Å². The van der Waals surface area contributed by atoms with Gasteiger partial charge in [-0.25, -0.2) is 4.79 Å². The number of amides is 1. The Bertz CT molecular complexity index is 424. The maximum absolute atomic E-state index is 11.9. The van der Waals surface area contributed by atoms with E-state index in [9.17, 15) is 14.4 Å². The molecule has 1 unspecified atom stereocenters. The molecule has 0 saturated carbocycles. The van der Waals surface area contributed by atoms with Gasteiger partial charge in [-0.15, -0.1) is 0 Å². The summed E-state index contributed by atoms with van der Waals surface area (Å²) in [6.07, 6.45) is 1.82. The van der Waals surface area contributed by atoms with E-state index in [1.54, 1.807) is 27.7 Å². The molecular weight excluding hydrogens is 326 g/mol. The Morgan fingerprint density at radius 1 is 1.00 bits per heavy atom. The van der Waals surface area contributed by atoms with E-state index in [0.717, 1.165) is 19.3 Å². The molecule has 0 spiro atoms. The van der Waals surface area contributed by atoms with Crippen molar-refractivity contribution in [1.29, 1.82) is 0 Å². The number of carbonyl (C=O) groups is 3. The van der Waals surface area contributed by atoms with Gasteiger partial charge in [-0.1, -0.05) is 41.0 Å². The Hall–Kier alpha value is -1.79. The SMILES string of the molecule is CCC(=O)O[C@@H](OC(=O)NCCC(CC)CC[C@H](C)C(=O)O)C(C)C. The summed E-state index contributed by atoms with van der Waals surface area (Å²) in [6, 6.07) is 0. The number of carboxylic acids is 1. The number of rotatable bonds is 12. The lowest BCUT2D eigenvalue weighted by molar-refractivity contribution is -0.174. The molecule has 0 saturated heterocycles. The van der Waals surface area contributed by atoms with E-state index >= 15 is 0 Å². The van der Waals surface area contributed by atoms with Crippen LogP contribution in [-0.4, -0.2) is 36.0 Å². The second-order valence-corrected chi connectivity index (χ2v) is 6.67. The second kappa shape index (κ2) is 12.6. The molecule has 0 aromatic carbocycles. The quantitative estimate of drug-likeness (QED) is 0.408. The summed E-state index contributed by atoms with van der Waals surface area (Å²) in [5.41, 5.74) is 0. The highest BCUT2D eigenvalue weighted by atomic mass is 16.7. The molecule has 25 heavy (non-hydrogen) atoms. The zero-order valence-electron chi connectivity index (χ0n) is 16.0. The summed E-state index contributed by atoms with van der Waals surface area (Å²) < 4.78 is 10.2. The molecule has 2 N–H and O–H groups in total. The summed E-state index contributed by atoms with van der Waals surface area (Å²) in [6.45, 7) is 9.47. The van der Waals surface area contributed by atoms with Crippen LogP contribution in [0.2, 0.25) is 0 Å². The van der Waals surface area contributed by atoms with Crippen LogP contribution in [0, 0.1) is 17.8 Å². The third-order valence-corrected chi connectivity index (χ3v) is 4.13. The Labute approximate surface area is 150 Å². The average Bonchev–Trinajstić information content (AvgIpc) is 2.56. The summed E-state index contributed by atoms with van der Waals surface area (Å²) in [7, 11) is 0. The number of hydrogen-bond acceptors (Lipinski definition) is 5. The third-order valence-electron chi connectivity index (χ3n) is 4.13. The van der Waals surface area contributed by atoms with E-state index in [0.29, 0.717) is 18.9 Å². The van der Waals surface area contributed by atoms with Crippen molar-refractivity contribution in [2.45, 2.75) is 73.0 Å². The van der Waals surface area contributed by atoms with Gasteiger partial charge in [0.25, 0.3) is 6.29 Å². The number of carboxylic acid groups (broad SMARTS) is 1. The van der Waals surface area contributed by atoms with Crippen LogP contribution in [0.1, 0.15) is 66.7 Å². The summed E-state index contributed by atoms with van der Waals surface area (Å²) in [5.74, 6) is -1.34. The van der Waals surface area contributed by atoms with Gasteiger partial charge >= 0.3 is 18.0 Å². The molecule has 0 aromatic rings. The number of alkyl carbamates (subject to hydrolysis) is 1. The predicted octanol–water partition coefficient (Wildman–Crippen LogP) is 3.57. The van der Waals surface area contributed by atoms with E-state index < -0.39 is 24.3 Å². The fourth-order valence-electron chi connectivity index (χ4n) is 2.20. The molecule has 0 aliphatic rings. The zero-order valence-corrected chi connectivity index (χ0v) is 16.0. The minimum atomic E-state index is -0.897. The fraction of sp³-hybridized carbons (Fsp3) is 0.833. The van der Waals surface area contributed by atoms with Crippen LogP contribution in [0.25, 0.3) is 0 Å². The first-order valence-electron chi connectivity index (χ1n) is 9.07. The monoisotopic (exact) mass is 359 g/mol. The van der Waals surface area contributed by atoms with Gasteiger partial charge in [-0.05, 0) is 25.2 Å².